The molecule has 0 bridgehead atoms. The molecule has 0 saturated carbocycles. The third kappa shape index (κ3) is 2.45. The number of carbonyl (C=O) groups excluding carboxylic acids is 1. The second kappa shape index (κ2) is 5.39. The monoisotopic (exact) mass is 223 g/mol. The van der Waals surface area contributed by atoms with Gasteiger partial charge < -0.3 is 19.2 Å². The van der Waals surface area contributed by atoms with E-state index in [0.717, 1.165) is 17.5 Å². The summed E-state index contributed by atoms with van der Waals surface area (Å²) < 4.78 is 10.4. The maximum atomic E-state index is 10.5. The van der Waals surface area contributed by atoms with Gasteiger partial charge in [0.05, 0.1) is 20.8 Å². The zero-order valence-corrected chi connectivity index (χ0v) is 10.1. The average Bonchev–Trinajstić information content (AvgIpc) is 2.28. The van der Waals surface area contributed by atoms with Gasteiger partial charge >= 0.3 is 0 Å². The number of aldehydes is 1. The van der Waals surface area contributed by atoms with Gasteiger partial charge in [0.2, 0.25) is 0 Å². The summed E-state index contributed by atoms with van der Waals surface area (Å²) in [5, 5.41) is 0. The highest BCUT2D eigenvalue weighted by Crippen LogP contribution is 2.34. The molecule has 0 aliphatic rings. The molecule has 0 aromatic heterocycles. The smallest absolute Gasteiger partial charge is 0.162 e. The number of rotatable bonds is 5. The van der Waals surface area contributed by atoms with Crippen LogP contribution in [0.3, 0.4) is 0 Å². The molecule has 0 aliphatic carbocycles. The second-order valence-electron chi connectivity index (χ2n) is 3.54. The predicted octanol–water partition coefficient (Wildman–Crippen LogP) is 1.65. The van der Waals surface area contributed by atoms with Crippen LogP contribution < -0.4 is 14.4 Å². The molecule has 16 heavy (non-hydrogen) atoms. The van der Waals surface area contributed by atoms with Crippen molar-refractivity contribution in [3.05, 3.63) is 17.7 Å². The standard InChI is InChI=1S/C12H17NO3/c1-9-7-11(15-3)12(16-4)8-10(9)13(2)5-6-14/h6-8H,5H2,1-4H3. The van der Waals surface area contributed by atoms with Gasteiger partial charge in [-0.15, -0.1) is 0 Å². The lowest BCUT2D eigenvalue weighted by Crippen LogP contribution is -2.20. The summed E-state index contributed by atoms with van der Waals surface area (Å²) in [6.45, 7) is 2.33. The van der Waals surface area contributed by atoms with Gasteiger partial charge in [0.25, 0.3) is 0 Å². The molecule has 4 heteroatoms. The number of ether oxygens (including phenoxy) is 2. The normalized spacial score (nSPS) is 9.75. The van der Waals surface area contributed by atoms with E-state index in [9.17, 15) is 4.79 Å². The summed E-state index contributed by atoms with van der Waals surface area (Å²) >= 11 is 0. The molecule has 1 aromatic rings. The molecule has 88 valence electrons. The Morgan fingerprint density at radius 2 is 1.81 bits per heavy atom. The fourth-order valence-electron chi connectivity index (χ4n) is 1.59. The Kier molecular flexibility index (Phi) is 4.17. The first-order chi connectivity index (χ1) is 7.63. The summed E-state index contributed by atoms with van der Waals surface area (Å²) in [5.41, 5.74) is 2.01. The van der Waals surface area contributed by atoms with E-state index in [1.165, 1.54) is 0 Å². The summed E-state index contributed by atoms with van der Waals surface area (Å²) in [6, 6.07) is 3.77. The van der Waals surface area contributed by atoms with Gasteiger partial charge in [-0.25, -0.2) is 0 Å². The minimum absolute atomic E-state index is 0.357. The van der Waals surface area contributed by atoms with E-state index in [0.29, 0.717) is 18.0 Å². The number of methoxy groups -OCH3 is 2. The van der Waals surface area contributed by atoms with Crippen LogP contribution in [0.4, 0.5) is 5.69 Å². The van der Waals surface area contributed by atoms with E-state index >= 15 is 0 Å². The van der Waals surface area contributed by atoms with Gasteiger partial charge in [0, 0.05) is 18.8 Å². The van der Waals surface area contributed by atoms with Crippen LogP contribution in [0.15, 0.2) is 12.1 Å². The van der Waals surface area contributed by atoms with Crippen molar-refractivity contribution in [1.29, 1.82) is 0 Å². The maximum Gasteiger partial charge on any atom is 0.162 e. The Morgan fingerprint density at radius 3 is 2.31 bits per heavy atom. The van der Waals surface area contributed by atoms with Crippen LogP contribution in [-0.2, 0) is 4.79 Å². The largest absolute Gasteiger partial charge is 0.493 e. The first-order valence-electron chi connectivity index (χ1n) is 5.01. The van der Waals surface area contributed by atoms with Crippen LogP contribution in [0.5, 0.6) is 11.5 Å². The Bertz CT molecular complexity index is 377. The van der Waals surface area contributed by atoms with Crippen molar-refractivity contribution in [2.24, 2.45) is 0 Å². The minimum atomic E-state index is 0.357. The SMILES string of the molecule is COc1cc(C)c(N(C)CC=O)cc1OC. The maximum absolute atomic E-state index is 10.5. The highest BCUT2D eigenvalue weighted by Gasteiger charge is 2.11. The van der Waals surface area contributed by atoms with Crippen molar-refractivity contribution >= 4 is 12.0 Å². The molecule has 0 atom stereocenters. The van der Waals surface area contributed by atoms with Crippen molar-refractivity contribution in [2.45, 2.75) is 6.92 Å². The number of aryl methyl sites for hydroxylation is 1. The van der Waals surface area contributed by atoms with E-state index in [1.54, 1.807) is 14.2 Å². The van der Waals surface area contributed by atoms with Crippen molar-refractivity contribution < 1.29 is 14.3 Å². The molecule has 0 saturated heterocycles. The molecule has 0 N–H and O–H groups in total. The molecule has 0 amide bonds. The number of anilines is 1. The molecular formula is C12H17NO3. The summed E-state index contributed by atoms with van der Waals surface area (Å²) in [4.78, 5) is 12.3. The third-order valence-corrected chi connectivity index (χ3v) is 2.46. The van der Waals surface area contributed by atoms with Crippen LogP contribution in [0, 0.1) is 6.92 Å². The predicted molar refractivity (Wildman–Crippen MR) is 63.6 cm³/mol. The van der Waals surface area contributed by atoms with E-state index in [4.69, 9.17) is 9.47 Å². The number of benzene rings is 1. The zero-order valence-electron chi connectivity index (χ0n) is 10.1. The lowest BCUT2D eigenvalue weighted by Gasteiger charge is -2.20. The highest BCUT2D eigenvalue weighted by molar-refractivity contribution is 5.66. The van der Waals surface area contributed by atoms with E-state index in [1.807, 2.05) is 31.0 Å². The van der Waals surface area contributed by atoms with Crippen LogP contribution in [0.25, 0.3) is 0 Å². The minimum Gasteiger partial charge on any atom is -0.493 e. The molecule has 0 aliphatic heterocycles. The summed E-state index contributed by atoms with van der Waals surface area (Å²) in [5.74, 6) is 1.36. The molecule has 1 aromatic carbocycles. The van der Waals surface area contributed by atoms with E-state index in [2.05, 4.69) is 0 Å². The number of hydrogen-bond donors (Lipinski definition) is 0. The fourth-order valence-corrected chi connectivity index (χ4v) is 1.59. The lowest BCUT2D eigenvalue weighted by molar-refractivity contribution is -0.106. The molecule has 0 heterocycles. The Morgan fingerprint density at radius 1 is 1.25 bits per heavy atom. The van der Waals surface area contributed by atoms with Crippen LogP contribution in [0.1, 0.15) is 5.56 Å². The van der Waals surface area contributed by atoms with Gasteiger partial charge in [-0.3, -0.25) is 0 Å². The number of nitrogens with zero attached hydrogens (tertiary/aromatic N) is 1. The highest BCUT2D eigenvalue weighted by atomic mass is 16.5. The molecule has 4 nitrogen and oxygen atoms in total. The number of hydrogen-bond acceptors (Lipinski definition) is 4. The molecule has 0 unspecified atom stereocenters. The molecular weight excluding hydrogens is 206 g/mol. The number of likely N-dealkylation sites (N-methyl/N-ethyl adjacent to an activating group) is 1. The van der Waals surface area contributed by atoms with Crippen LogP contribution >= 0.6 is 0 Å². The van der Waals surface area contributed by atoms with Gasteiger partial charge in [0.15, 0.2) is 11.5 Å². The van der Waals surface area contributed by atoms with Crippen molar-refractivity contribution in [3.63, 3.8) is 0 Å². The van der Waals surface area contributed by atoms with Gasteiger partial charge in [-0.05, 0) is 18.6 Å². The van der Waals surface area contributed by atoms with Crippen molar-refractivity contribution in [3.8, 4) is 11.5 Å². The summed E-state index contributed by atoms with van der Waals surface area (Å²) in [7, 11) is 5.06. The first kappa shape index (κ1) is 12.4. The van der Waals surface area contributed by atoms with Crippen LogP contribution in [-0.4, -0.2) is 34.1 Å². The average molecular weight is 223 g/mol. The number of carbonyl (C=O) groups is 1. The van der Waals surface area contributed by atoms with Gasteiger partial charge in [-0.2, -0.15) is 0 Å². The van der Waals surface area contributed by atoms with Crippen molar-refractivity contribution in [2.75, 3.05) is 32.7 Å². The lowest BCUT2D eigenvalue weighted by atomic mass is 10.1. The Hall–Kier alpha value is -1.71. The zero-order chi connectivity index (χ0) is 12.1. The Balaban J connectivity index is 3.15. The Labute approximate surface area is 95.8 Å². The topological polar surface area (TPSA) is 38.8 Å². The first-order valence-corrected chi connectivity index (χ1v) is 5.01. The van der Waals surface area contributed by atoms with E-state index < -0.39 is 0 Å². The quantitative estimate of drug-likeness (QED) is 0.711. The molecule has 0 fully saturated rings. The second-order valence-corrected chi connectivity index (χ2v) is 3.54. The summed E-state index contributed by atoms with van der Waals surface area (Å²) in [6.07, 6.45) is 0.871. The van der Waals surface area contributed by atoms with Gasteiger partial charge in [-0.1, -0.05) is 0 Å². The van der Waals surface area contributed by atoms with Gasteiger partial charge in [0.1, 0.15) is 6.29 Å². The van der Waals surface area contributed by atoms with E-state index in [-0.39, 0.29) is 0 Å². The van der Waals surface area contributed by atoms with Crippen molar-refractivity contribution in [1.82, 2.24) is 0 Å². The molecule has 0 radical (unpaired) electrons. The fraction of sp³-hybridized carbons (Fsp3) is 0.417. The third-order valence-electron chi connectivity index (χ3n) is 2.46. The van der Waals surface area contributed by atoms with Crippen LogP contribution in [0.2, 0.25) is 0 Å². The molecule has 0 spiro atoms. The molecule has 1 rings (SSSR count).